The van der Waals surface area contributed by atoms with Crippen molar-refractivity contribution in [1.82, 2.24) is 4.90 Å². The number of hydrogen-bond acceptors (Lipinski definition) is 1. The summed E-state index contributed by atoms with van der Waals surface area (Å²) >= 11 is 0. The number of carboxylic acid groups (broad SMARTS) is 1. The molecule has 1 aliphatic heterocycles. The third kappa shape index (κ3) is 1.86. The molecule has 0 aromatic carbocycles. The fraction of sp³-hybridized carbons (Fsp3) is 0.909. The van der Waals surface area contributed by atoms with Crippen molar-refractivity contribution in [3.8, 4) is 0 Å². The van der Waals surface area contributed by atoms with Crippen LogP contribution in [0.5, 0.6) is 0 Å². The number of carbonyl (C=O) groups is 1. The Balaban J connectivity index is 2.01. The zero-order valence-corrected chi connectivity index (χ0v) is 8.67. The van der Waals surface area contributed by atoms with Crippen molar-refractivity contribution in [1.29, 1.82) is 0 Å². The minimum Gasteiger partial charge on any atom is -0.465 e. The van der Waals surface area contributed by atoms with Crippen molar-refractivity contribution in [2.75, 3.05) is 13.1 Å². The molecule has 3 heteroatoms. The number of likely N-dealkylation sites (tertiary alicyclic amines) is 1. The maximum atomic E-state index is 10.9. The molecule has 2 rings (SSSR count). The molecule has 2 aliphatic rings. The normalized spacial score (nSPS) is 26.4. The molecular weight excluding hydrogens is 178 g/mol. The van der Waals surface area contributed by atoms with Gasteiger partial charge in [0.25, 0.3) is 0 Å². The van der Waals surface area contributed by atoms with Gasteiger partial charge >= 0.3 is 6.09 Å². The first kappa shape index (κ1) is 9.81. The summed E-state index contributed by atoms with van der Waals surface area (Å²) in [5, 5.41) is 8.98. The summed E-state index contributed by atoms with van der Waals surface area (Å²) in [6.45, 7) is 1.54. The fourth-order valence-electron chi connectivity index (χ4n) is 3.08. The highest BCUT2D eigenvalue weighted by Gasteiger charge is 2.37. The minimum absolute atomic E-state index is 0.356. The summed E-state index contributed by atoms with van der Waals surface area (Å²) in [6.07, 6.45) is 8.02. The van der Waals surface area contributed by atoms with Gasteiger partial charge in [-0.3, -0.25) is 0 Å². The molecule has 0 unspecified atom stereocenters. The lowest BCUT2D eigenvalue weighted by Crippen LogP contribution is -2.46. The number of piperidine rings is 1. The van der Waals surface area contributed by atoms with Crippen LogP contribution in [0.1, 0.15) is 44.9 Å². The highest BCUT2D eigenvalue weighted by atomic mass is 16.4. The molecule has 1 saturated heterocycles. The molecule has 1 spiro atoms. The summed E-state index contributed by atoms with van der Waals surface area (Å²) in [4.78, 5) is 12.5. The van der Waals surface area contributed by atoms with Gasteiger partial charge in [-0.1, -0.05) is 19.3 Å². The first-order valence-corrected chi connectivity index (χ1v) is 5.70. The van der Waals surface area contributed by atoms with E-state index in [2.05, 4.69) is 0 Å². The van der Waals surface area contributed by atoms with Gasteiger partial charge in [0.2, 0.25) is 0 Å². The predicted molar refractivity (Wildman–Crippen MR) is 54.3 cm³/mol. The lowest BCUT2D eigenvalue weighted by Gasteiger charge is -2.44. The molecule has 14 heavy (non-hydrogen) atoms. The number of hydrogen-bond donors (Lipinski definition) is 1. The first-order valence-electron chi connectivity index (χ1n) is 5.70. The van der Waals surface area contributed by atoms with Crippen molar-refractivity contribution < 1.29 is 9.90 Å². The topological polar surface area (TPSA) is 40.5 Å². The molecule has 0 aromatic rings. The van der Waals surface area contributed by atoms with Crippen molar-refractivity contribution in [3.63, 3.8) is 0 Å². The van der Waals surface area contributed by atoms with Crippen LogP contribution in [0.2, 0.25) is 0 Å². The van der Waals surface area contributed by atoms with Gasteiger partial charge in [0, 0.05) is 13.1 Å². The van der Waals surface area contributed by atoms with E-state index in [4.69, 9.17) is 5.11 Å². The summed E-state index contributed by atoms with van der Waals surface area (Å²) in [5.41, 5.74) is 0.356. The average molecular weight is 197 g/mol. The van der Waals surface area contributed by atoms with Crippen LogP contribution < -0.4 is 0 Å². The van der Waals surface area contributed by atoms with Gasteiger partial charge in [0.1, 0.15) is 0 Å². The molecule has 0 atom stereocenters. The summed E-state index contributed by atoms with van der Waals surface area (Å²) in [6, 6.07) is 0. The second-order valence-electron chi connectivity index (χ2n) is 4.87. The Bertz CT molecular complexity index is 216. The Morgan fingerprint density at radius 2 is 1.71 bits per heavy atom. The van der Waals surface area contributed by atoms with Crippen LogP contribution in [0.15, 0.2) is 0 Å². The minimum atomic E-state index is -0.727. The van der Waals surface area contributed by atoms with Crippen LogP contribution in [-0.2, 0) is 0 Å². The Morgan fingerprint density at radius 3 is 2.36 bits per heavy atom. The standard InChI is InChI=1S/C11H19NO2/c13-10(14)12-8-4-7-11(9-12)5-2-1-3-6-11/h1-9H2,(H,13,14). The van der Waals surface area contributed by atoms with Crippen LogP contribution in [0, 0.1) is 5.41 Å². The van der Waals surface area contributed by atoms with Gasteiger partial charge in [-0.05, 0) is 31.1 Å². The quantitative estimate of drug-likeness (QED) is 0.648. The number of nitrogens with zero attached hydrogens (tertiary/aromatic N) is 1. The van der Waals surface area contributed by atoms with E-state index in [-0.39, 0.29) is 0 Å². The van der Waals surface area contributed by atoms with Gasteiger partial charge in [-0.15, -0.1) is 0 Å². The zero-order chi connectivity index (χ0) is 10.0. The molecule has 2 fully saturated rings. The van der Waals surface area contributed by atoms with E-state index >= 15 is 0 Å². The third-order valence-corrected chi connectivity index (χ3v) is 3.85. The second-order valence-corrected chi connectivity index (χ2v) is 4.87. The van der Waals surface area contributed by atoms with Gasteiger partial charge < -0.3 is 10.0 Å². The van der Waals surface area contributed by atoms with Crippen LogP contribution in [0.25, 0.3) is 0 Å². The van der Waals surface area contributed by atoms with Crippen molar-refractivity contribution in [3.05, 3.63) is 0 Å². The second kappa shape index (κ2) is 3.79. The molecule has 1 N–H and O–H groups in total. The first-order chi connectivity index (χ1) is 6.72. The van der Waals surface area contributed by atoms with E-state index in [1.165, 1.54) is 38.5 Å². The summed E-state index contributed by atoms with van der Waals surface area (Å²) in [5.74, 6) is 0. The van der Waals surface area contributed by atoms with Crippen LogP contribution in [0.4, 0.5) is 4.79 Å². The van der Waals surface area contributed by atoms with E-state index in [0.717, 1.165) is 19.5 Å². The fourth-order valence-corrected chi connectivity index (χ4v) is 3.08. The maximum absolute atomic E-state index is 10.9. The van der Waals surface area contributed by atoms with Gasteiger partial charge in [-0.2, -0.15) is 0 Å². The van der Waals surface area contributed by atoms with Crippen molar-refractivity contribution >= 4 is 6.09 Å². The van der Waals surface area contributed by atoms with Crippen LogP contribution >= 0.6 is 0 Å². The molecule has 80 valence electrons. The van der Waals surface area contributed by atoms with E-state index in [1.807, 2.05) is 0 Å². The number of amides is 1. The van der Waals surface area contributed by atoms with Gasteiger partial charge in [0.15, 0.2) is 0 Å². The monoisotopic (exact) mass is 197 g/mol. The summed E-state index contributed by atoms with van der Waals surface area (Å²) in [7, 11) is 0. The predicted octanol–water partition coefficient (Wildman–Crippen LogP) is 2.71. The zero-order valence-electron chi connectivity index (χ0n) is 8.67. The van der Waals surface area contributed by atoms with Crippen LogP contribution in [-0.4, -0.2) is 29.2 Å². The molecule has 1 heterocycles. The summed E-state index contributed by atoms with van der Waals surface area (Å²) < 4.78 is 0. The Labute approximate surface area is 85.1 Å². The van der Waals surface area contributed by atoms with Crippen molar-refractivity contribution in [2.24, 2.45) is 5.41 Å². The highest BCUT2D eigenvalue weighted by molar-refractivity contribution is 5.65. The molecule has 0 bridgehead atoms. The molecule has 1 amide bonds. The van der Waals surface area contributed by atoms with E-state index in [1.54, 1.807) is 4.90 Å². The van der Waals surface area contributed by atoms with E-state index in [9.17, 15) is 4.79 Å². The Kier molecular flexibility index (Phi) is 2.66. The highest BCUT2D eigenvalue weighted by Crippen LogP contribution is 2.42. The lowest BCUT2D eigenvalue weighted by atomic mass is 9.69. The smallest absolute Gasteiger partial charge is 0.407 e. The van der Waals surface area contributed by atoms with Crippen LogP contribution in [0.3, 0.4) is 0 Å². The molecule has 3 nitrogen and oxygen atoms in total. The molecule has 0 aromatic heterocycles. The molecular formula is C11H19NO2. The van der Waals surface area contributed by atoms with E-state index < -0.39 is 6.09 Å². The average Bonchev–Trinajstić information content (AvgIpc) is 2.19. The van der Waals surface area contributed by atoms with Crippen molar-refractivity contribution in [2.45, 2.75) is 44.9 Å². The van der Waals surface area contributed by atoms with E-state index in [0.29, 0.717) is 5.41 Å². The Morgan fingerprint density at radius 1 is 1.07 bits per heavy atom. The molecule has 1 aliphatic carbocycles. The molecule has 1 saturated carbocycles. The number of rotatable bonds is 0. The Hall–Kier alpha value is -0.730. The van der Waals surface area contributed by atoms with Gasteiger partial charge in [-0.25, -0.2) is 4.79 Å². The largest absolute Gasteiger partial charge is 0.465 e. The van der Waals surface area contributed by atoms with Gasteiger partial charge in [0.05, 0.1) is 0 Å². The lowest BCUT2D eigenvalue weighted by molar-refractivity contribution is 0.0525. The SMILES string of the molecule is O=C(O)N1CCCC2(CCCCC2)C1. The molecule has 0 radical (unpaired) electrons. The maximum Gasteiger partial charge on any atom is 0.407 e. The third-order valence-electron chi connectivity index (χ3n) is 3.85.